The Balaban J connectivity index is 2.27. The molecule has 0 N–H and O–H groups in total. The molecule has 2 heterocycles. The molecular weight excluding hydrogens is 98.1 g/mol. The van der Waals surface area contributed by atoms with Crippen molar-refractivity contribution in [1.82, 2.24) is 0 Å². The summed E-state index contributed by atoms with van der Waals surface area (Å²) in [5.41, 5.74) is 0. The second-order valence-corrected chi connectivity index (χ2v) is 2.76. The summed E-state index contributed by atoms with van der Waals surface area (Å²) >= 11 is 0. The molecule has 2 bridgehead atoms. The molecule has 0 atom stereocenters. The number of hydrogen-bond acceptors (Lipinski definition) is 0. The number of nitrogens with zero attached hydrogens (tertiary/aromatic N) is 1. The first-order valence-electron chi connectivity index (χ1n) is 3.40. The molecule has 0 aromatic carbocycles. The molecule has 0 unspecified atom stereocenters. The minimum atomic E-state index is 0.667. The Morgan fingerprint density at radius 1 is 1.12 bits per heavy atom. The number of hydrogen-bond donors (Lipinski definition) is 0. The van der Waals surface area contributed by atoms with Crippen LogP contribution in [0.2, 0.25) is 0 Å². The predicted molar refractivity (Wildman–Crippen MR) is 33.0 cm³/mol. The van der Waals surface area contributed by atoms with E-state index in [1.165, 1.54) is 25.7 Å². The van der Waals surface area contributed by atoms with Crippen molar-refractivity contribution in [3.63, 3.8) is 0 Å². The normalized spacial score (nSPS) is 41.0. The van der Waals surface area contributed by atoms with Crippen LogP contribution in [0.5, 0.6) is 0 Å². The van der Waals surface area contributed by atoms with Gasteiger partial charge in [-0.2, -0.15) is 0 Å². The summed E-state index contributed by atoms with van der Waals surface area (Å²) in [4.78, 5) is 4.25. The molecule has 8 heavy (non-hydrogen) atoms. The molecule has 0 aromatic heterocycles. The van der Waals surface area contributed by atoms with Crippen LogP contribution in [0.4, 0.5) is 0 Å². The van der Waals surface area contributed by atoms with Crippen molar-refractivity contribution in [3.05, 3.63) is 4.85 Å². The van der Waals surface area contributed by atoms with Gasteiger partial charge in [-0.15, -0.1) is 0 Å². The smallest absolute Gasteiger partial charge is 0.0801 e. The molecule has 42 valence electrons. The van der Waals surface area contributed by atoms with Crippen LogP contribution < -0.4 is 0 Å². The Kier molecular flexibility index (Phi) is 0.811. The Bertz CT molecular complexity index is 128. The summed E-state index contributed by atoms with van der Waals surface area (Å²) in [7, 11) is 0. The van der Waals surface area contributed by atoms with E-state index >= 15 is 0 Å². The van der Waals surface area contributed by atoms with Gasteiger partial charge in [0.05, 0.1) is 5.92 Å². The molecule has 1 nitrogen and oxygen atoms in total. The average molecular weight is 108 g/mol. The lowest BCUT2D eigenvalue weighted by Gasteiger charge is -2.15. The highest BCUT2D eigenvalue weighted by atomic mass is 14.8. The SMILES string of the molecule is C1#[N+]C2CCC1CC2. The van der Waals surface area contributed by atoms with E-state index in [1.54, 1.807) is 0 Å². The van der Waals surface area contributed by atoms with Crippen molar-refractivity contribution < 1.29 is 0 Å². The highest BCUT2D eigenvalue weighted by molar-refractivity contribution is 5.07. The third-order valence-electron chi connectivity index (χ3n) is 2.14. The lowest BCUT2D eigenvalue weighted by Crippen LogP contribution is -2.18. The van der Waals surface area contributed by atoms with E-state index in [0.29, 0.717) is 6.04 Å². The molecule has 3 rings (SSSR count). The molecule has 0 amide bonds. The van der Waals surface area contributed by atoms with Gasteiger partial charge in [-0.25, -0.2) is 0 Å². The summed E-state index contributed by atoms with van der Waals surface area (Å²) in [6, 6.07) is 3.81. The van der Waals surface area contributed by atoms with Gasteiger partial charge >= 0.3 is 0 Å². The Hall–Kier alpha value is -0.510. The molecule has 0 aromatic rings. The molecule has 1 aliphatic carbocycles. The standard InChI is InChI=1S/C7H10N/c1-3-7-4-2-6(1)5-8-7/h6-7H,1-4H2/q+1. The van der Waals surface area contributed by atoms with Gasteiger partial charge in [0.15, 0.2) is 0 Å². The monoisotopic (exact) mass is 108 g/mol. The zero-order valence-electron chi connectivity index (χ0n) is 4.93. The molecule has 0 saturated heterocycles. The maximum absolute atomic E-state index is 4.25. The molecule has 0 spiro atoms. The van der Waals surface area contributed by atoms with Crippen molar-refractivity contribution in [2.45, 2.75) is 31.7 Å². The molecule has 1 heteroatoms. The molecule has 2 aliphatic heterocycles. The van der Waals surface area contributed by atoms with Crippen molar-refractivity contribution in [2.75, 3.05) is 0 Å². The van der Waals surface area contributed by atoms with Crippen LogP contribution in [0.15, 0.2) is 0 Å². The highest BCUT2D eigenvalue weighted by Gasteiger charge is 2.32. The van der Waals surface area contributed by atoms with Gasteiger partial charge in [-0.1, -0.05) is 4.85 Å². The predicted octanol–water partition coefficient (Wildman–Crippen LogP) is 1.89. The minimum Gasteiger partial charge on any atom is -0.0801 e. The number of fused-ring (bicyclic) bond motifs is 2. The quantitative estimate of drug-likeness (QED) is 0.446. The third-order valence-corrected chi connectivity index (χ3v) is 2.14. The van der Waals surface area contributed by atoms with Crippen molar-refractivity contribution >= 4 is 0 Å². The van der Waals surface area contributed by atoms with Crippen LogP contribution in [0.1, 0.15) is 25.7 Å². The fraction of sp³-hybridized carbons (Fsp3) is 0.857. The average Bonchev–Trinajstić information content (AvgIpc) is 1.92. The largest absolute Gasteiger partial charge is 0.276 e. The summed E-state index contributed by atoms with van der Waals surface area (Å²) in [5.74, 6) is 0.736. The van der Waals surface area contributed by atoms with Gasteiger partial charge < -0.3 is 0 Å². The first-order chi connectivity index (χ1) is 3.95. The van der Waals surface area contributed by atoms with Gasteiger partial charge in [0.25, 0.3) is 12.1 Å². The van der Waals surface area contributed by atoms with Crippen molar-refractivity contribution in [2.24, 2.45) is 5.92 Å². The maximum atomic E-state index is 4.25. The molecule has 0 radical (unpaired) electrons. The zero-order valence-corrected chi connectivity index (χ0v) is 4.93. The topological polar surface area (TPSA) is 4.36 Å². The highest BCUT2D eigenvalue weighted by Crippen LogP contribution is 2.29. The fourth-order valence-corrected chi connectivity index (χ4v) is 1.54. The van der Waals surface area contributed by atoms with Gasteiger partial charge in [-0.3, -0.25) is 0 Å². The summed E-state index contributed by atoms with van der Waals surface area (Å²) < 4.78 is 0. The molecule has 1 fully saturated rings. The summed E-state index contributed by atoms with van der Waals surface area (Å²) in [5, 5.41) is 0. The number of rotatable bonds is 0. The van der Waals surface area contributed by atoms with Gasteiger partial charge in [0.2, 0.25) is 0 Å². The van der Waals surface area contributed by atoms with Crippen LogP contribution in [0.3, 0.4) is 0 Å². The van der Waals surface area contributed by atoms with E-state index < -0.39 is 0 Å². The van der Waals surface area contributed by atoms with Crippen LogP contribution in [0, 0.1) is 12.0 Å². The lowest BCUT2D eigenvalue weighted by molar-refractivity contribution is 0.393. The van der Waals surface area contributed by atoms with E-state index in [1.807, 2.05) is 0 Å². The molecular formula is C7H10N+. The summed E-state index contributed by atoms with van der Waals surface area (Å²) in [6.45, 7) is 0. The Labute approximate surface area is 49.5 Å². The van der Waals surface area contributed by atoms with Gasteiger partial charge in [0, 0.05) is 12.8 Å². The fourth-order valence-electron chi connectivity index (χ4n) is 1.54. The molecule has 1 saturated carbocycles. The van der Waals surface area contributed by atoms with Crippen molar-refractivity contribution in [1.29, 1.82) is 0 Å². The Morgan fingerprint density at radius 2 is 1.88 bits per heavy atom. The summed E-state index contributed by atoms with van der Waals surface area (Å²) in [6.07, 6.45) is 5.37. The van der Waals surface area contributed by atoms with E-state index in [9.17, 15) is 0 Å². The van der Waals surface area contributed by atoms with Gasteiger partial charge in [-0.05, 0) is 12.8 Å². The van der Waals surface area contributed by atoms with E-state index in [2.05, 4.69) is 10.9 Å². The van der Waals surface area contributed by atoms with E-state index in [0.717, 1.165) is 5.92 Å². The second kappa shape index (κ2) is 1.48. The molecule has 3 aliphatic rings. The maximum Gasteiger partial charge on any atom is 0.276 e. The van der Waals surface area contributed by atoms with Crippen LogP contribution in [-0.4, -0.2) is 6.04 Å². The first-order valence-corrected chi connectivity index (χ1v) is 3.40. The minimum absolute atomic E-state index is 0.667. The van der Waals surface area contributed by atoms with Crippen LogP contribution >= 0.6 is 0 Å². The van der Waals surface area contributed by atoms with E-state index in [-0.39, 0.29) is 0 Å². The van der Waals surface area contributed by atoms with Crippen LogP contribution in [-0.2, 0) is 0 Å². The lowest BCUT2D eigenvalue weighted by atomic mass is 9.85. The van der Waals surface area contributed by atoms with E-state index in [4.69, 9.17) is 0 Å². The van der Waals surface area contributed by atoms with Crippen molar-refractivity contribution in [3.8, 4) is 6.07 Å². The Morgan fingerprint density at radius 3 is 2.00 bits per heavy atom. The second-order valence-electron chi connectivity index (χ2n) is 2.76. The third kappa shape index (κ3) is 0.527. The van der Waals surface area contributed by atoms with Gasteiger partial charge in [0.1, 0.15) is 0 Å². The zero-order chi connectivity index (χ0) is 5.40. The van der Waals surface area contributed by atoms with Crippen LogP contribution in [0.25, 0.3) is 4.85 Å². The first kappa shape index (κ1) is 4.38.